The van der Waals surface area contributed by atoms with Gasteiger partial charge in [0.05, 0.1) is 0 Å². The lowest BCUT2D eigenvalue weighted by Gasteiger charge is -2.16. The van der Waals surface area contributed by atoms with Gasteiger partial charge in [0.15, 0.2) is 15.5 Å². The van der Waals surface area contributed by atoms with Crippen LogP contribution in [0.25, 0.3) is 0 Å². The molecule has 5 heteroatoms. The van der Waals surface area contributed by atoms with E-state index in [1.165, 1.54) is 0 Å². The van der Waals surface area contributed by atoms with E-state index in [1.54, 1.807) is 0 Å². The fraction of sp³-hybridized carbons (Fsp3) is 0.538. The van der Waals surface area contributed by atoms with E-state index in [-0.39, 0.29) is 10.6 Å². The smallest absolute Gasteiger partial charge is 0.178 e. The first-order chi connectivity index (χ1) is 8.40. The summed E-state index contributed by atoms with van der Waals surface area (Å²) in [6.45, 7) is 5.85. The van der Waals surface area contributed by atoms with E-state index in [4.69, 9.17) is 5.26 Å². The predicted octanol–water partition coefficient (Wildman–Crippen LogP) is 2.04. The molecule has 1 rings (SSSR count). The van der Waals surface area contributed by atoms with Crippen LogP contribution in [0.15, 0.2) is 4.90 Å². The van der Waals surface area contributed by atoms with Gasteiger partial charge in [0.1, 0.15) is 11.0 Å². The van der Waals surface area contributed by atoms with Gasteiger partial charge in [-0.15, -0.1) is 0 Å². The van der Waals surface area contributed by atoms with E-state index in [2.05, 4.69) is 4.98 Å². The molecule has 0 aliphatic carbocycles. The number of pyridine rings is 1. The minimum atomic E-state index is -3.43. The van der Waals surface area contributed by atoms with Crippen LogP contribution in [-0.4, -0.2) is 19.7 Å². The molecule has 0 aliphatic rings. The average Bonchev–Trinajstić information content (AvgIpc) is 2.34. The molecule has 0 fully saturated rings. The maximum atomic E-state index is 11.9. The maximum absolute atomic E-state index is 11.9. The van der Waals surface area contributed by atoms with Crippen molar-refractivity contribution in [2.75, 3.05) is 6.26 Å². The molecule has 0 amide bonds. The van der Waals surface area contributed by atoms with Crippen LogP contribution in [0.2, 0.25) is 0 Å². The van der Waals surface area contributed by atoms with Gasteiger partial charge in [-0.1, -0.05) is 20.8 Å². The Kier molecular flexibility index (Phi) is 4.47. The van der Waals surface area contributed by atoms with Crippen LogP contribution in [0.3, 0.4) is 0 Å². The third-order valence-corrected chi connectivity index (χ3v) is 4.15. The molecule has 0 saturated heterocycles. The number of nitriles is 1. The SMILES string of the molecule is CCc1nc(C#N)c(S(C)(=O)=O)c(CC)c1CC. The molecule has 1 aromatic rings. The van der Waals surface area contributed by atoms with Crippen LogP contribution in [0.1, 0.15) is 43.3 Å². The second-order valence-electron chi connectivity index (χ2n) is 4.14. The lowest BCUT2D eigenvalue weighted by atomic mass is 9.99. The first-order valence-electron chi connectivity index (χ1n) is 6.05. The highest BCUT2D eigenvalue weighted by molar-refractivity contribution is 7.90. The molecule has 98 valence electrons. The lowest BCUT2D eigenvalue weighted by Crippen LogP contribution is -2.13. The molecular formula is C13H18N2O2S. The summed E-state index contributed by atoms with van der Waals surface area (Å²) in [4.78, 5) is 4.33. The number of nitrogens with zero attached hydrogens (tertiary/aromatic N) is 2. The molecule has 1 aromatic heterocycles. The highest BCUT2D eigenvalue weighted by atomic mass is 32.2. The number of aromatic nitrogens is 1. The standard InChI is InChI=1S/C13H18N2O2S/c1-5-9-10(6-2)13(18(4,16)17)12(8-14)15-11(9)7-3/h5-7H2,1-4H3. The first kappa shape index (κ1) is 14.7. The summed E-state index contributed by atoms with van der Waals surface area (Å²) in [5.41, 5.74) is 2.59. The zero-order valence-electron chi connectivity index (χ0n) is 11.2. The van der Waals surface area contributed by atoms with Gasteiger partial charge in [0.2, 0.25) is 0 Å². The highest BCUT2D eigenvalue weighted by Gasteiger charge is 2.23. The fourth-order valence-corrected chi connectivity index (χ4v) is 3.42. The van der Waals surface area contributed by atoms with Gasteiger partial charge in [-0.25, -0.2) is 13.4 Å². The summed E-state index contributed by atoms with van der Waals surface area (Å²) >= 11 is 0. The third-order valence-electron chi connectivity index (χ3n) is 2.97. The van der Waals surface area contributed by atoms with Crippen molar-refractivity contribution in [1.82, 2.24) is 4.98 Å². The molecule has 0 aliphatic heterocycles. The van der Waals surface area contributed by atoms with Crippen molar-refractivity contribution in [3.05, 3.63) is 22.5 Å². The number of aryl methyl sites for hydroxylation is 1. The van der Waals surface area contributed by atoms with Crippen molar-refractivity contribution in [3.8, 4) is 6.07 Å². The van der Waals surface area contributed by atoms with Crippen LogP contribution in [0, 0.1) is 11.3 Å². The Morgan fingerprint density at radius 2 is 1.67 bits per heavy atom. The Hall–Kier alpha value is -1.41. The van der Waals surface area contributed by atoms with Gasteiger partial charge in [-0.2, -0.15) is 5.26 Å². The summed E-state index contributed by atoms with van der Waals surface area (Å²) in [5, 5.41) is 9.11. The van der Waals surface area contributed by atoms with Crippen LogP contribution in [-0.2, 0) is 29.1 Å². The van der Waals surface area contributed by atoms with Crippen LogP contribution < -0.4 is 0 Å². The van der Waals surface area contributed by atoms with Crippen molar-refractivity contribution in [2.24, 2.45) is 0 Å². The summed E-state index contributed by atoms with van der Waals surface area (Å²) in [5.74, 6) is 0. The monoisotopic (exact) mass is 266 g/mol. The van der Waals surface area contributed by atoms with E-state index in [1.807, 2.05) is 26.8 Å². The van der Waals surface area contributed by atoms with Crippen molar-refractivity contribution in [3.63, 3.8) is 0 Å². The first-order valence-corrected chi connectivity index (χ1v) is 7.94. The average molecular weight is 266 g/mol. The molecule has 0 saturated carbocycles. The van der Waals surface area contributed by atoms with Gasteiger partial charge < -0.3 is 0 Å². The van der Waals surface area contributed by atoms with E-state index < -0.39 is 9.84 Å². The molecule has 0 aromatic carbocycles. The van der Waals surface area contributed by atoms with Gasteiger partial charge >= 0.3 is 0 Å². The lowest BCUT2D eigenvalue weighted by molar-refractivity contribution is 0.599. The quantitative estimate of drug-likeness (QED) is 0.836. The number of sulfone groups is 1. The van der Waals surface area contributed by atoms with E-state index in [9.17, 15) is 8.42 Å². The molecular weight excluding hydrogens is 248 g/mol. The zero-order chi connectivity index (χ0) is 13.9. The molecule has 0 atom stereocenters. The zero-order valence-corrected chi connectivity index (χ0v) is 12.1. The Labute approximate surface area is 109 Å². The van der Waals surface area contributed by atoms with E-state index >= 15 is 0 Å². The van der Waals surface area contributed by atoms with Crippen molar-refractivity contribution < 1.29 is 8.42 Å². The molecule has 0 bridgehead atoms. The molecule has 4 nitrogen and oxygen atoms in total. The minimum Gasteiger partial charge on any atom is -0.240 e. The normalized spacial score (nSPS) is 11.3. The molecule has 1 heterocycles. The highest BCUT2D eigenvalue weighted by Crippen LogP contribution is 2.26. The molecule has 0 spiro atoms. The Balaban J connectivity index is 3.86. The summed E-state index contributed by atoms with van der Waals surface area (Å²) in [7, 11) is -3.43. The van der Waals surface area contributed by atoms with Crippen molar-refractivity contribution in [2.45, 2.75) is 44.9 Å². The van der Waals surface area contributed by atoms with Gasteiger partial charge in [-0.05, 0) is 30.4 Å². The maximum Gasteiger partial charge on any atom is 0.178 e. The molecule has 0 unspecified atom stereocenters. The number of hydrogen-bond donors (Lipinski definition) is 0. The Bertz CT molecular complexity index is 598. The summed E-state index contributed by atoms with van der Waals surface area (Å²) < 4.78 is 23.7. The molecule has 0 radical (unpaired) electrons. The topological polar surface area (TPSA) is 70.8 Å². The minimum absolute atomic E-state index is 0.0309. The largest absolute Gasteiger partial charge is 0.240 e. The van der Waals surface area contributed by atoms with Gasteiger partial charge in [0.25, 0.3) is 0 Å². The summed E-state index contributed by atoms with van der Waals surface area (Å²) in [6, 6.07) is 1.91. The second-order valence-corrected chi connectivity index (χ2v) is 6.09. The van der Waals surface area contributed by atoms with Gasteiger partial charge in [-0.3, -0.25) is 0 Å². The van der Waals surface area contributed by atoms with Gasteiger partial charge in [0, 0.05) is 11.9 Å². The molecule has 18 heavy (non-hydrogen) atoms. The van der Waals surface area contributed by atoms with Crippen molar-refractivity contribution >= 4 is 9.84 Å². The number of hydrogen-bond acceptors (Lipinski definition) is 4. The Morgan fingerprint density at radius 3 is 2.00 bits per heavy atom. The van der Waals surface area contributed by atoms with E-state index in [0.29, 0.717) is 12.8 Å². The Morgan fingerprint density at radius 1 is 1.11 bits per heavy atom. The fourth-order valence-electron chi connectivity index (χ4n) is 2.27. The van der Waals surface area contributed by atoms with Crippen LogP contribution in [0.5, 0.6) is 0 Å². The number of rotatable bonds is 4. The summed E-state index contributed by atoms with van der Waals surface area (Å²) in [6.07, 6.45) is 3.16. The van der Waals surface area contributed by atoms with Crippen LogP contribution in [0.4, 0.5) is 0 Å². The van der Waals surface area contributed by atoms with E-state index in [0.717, 1.165) is 29.5 Å². The van der Waals surface area contributed by atoms with Crippen LogP contribution >= 0.6 is 0 Å². The second kappa shape index (κ2) is 5.49. The van der Waals surface area contributed by atoms with Crippen molar-refractivity contribution in [1.29, 1.82) is 5.26 Å². The predicted molar refractivity (Wildman–Crippen MR) is 70.2 cm³/mol. The third kappa shape index (κ3) is 2.54. The molecule has 0 N–H and O–H groups in total.